The second-order valence-electron chi connectivity index (χ2n) is 4.78. The Labute approximate surface area is 109 Å². The van der Waals surface area contributed by atoms with Gasteiger partial charge in [0.25, 0.3) is 0 Å². The van der Waals surface area contributed by atoms with E-state index >= 15 is 0 Å². The predicted octanol–water partition coefficient (Wildman–Crippen LogP) is 1.17. The average Bonchev–Trinajstić information content (AvgIpc) is 2.40. The third-order valence-electron chi connectivity index (χ3n) is 3.30. The molecule has 1 heterocycles. The van der Waals surface area contributed by atoms with Crippen LogP contribution in [-0.4, -0.2) is 51.3 Å². The molecule has 18 heavy (non-hydrogen) atoms. The van der Waals surface area contributed by atoms with Crippen LogP contribution in [0.3, 0.4) is 0 Å². The van der Waals surface area contributed by atoms with E-state index in [9.17, 15) is 0 Å². The van der Waals surface area contributed by atoms with E-state index in [1.54, 1.807) is 0 Å². The van der Waals surface area contributed by atoms with Gasteiger partial charge in [0, 0.05) is 37.9 Å². The molecule has 0 spiro atoms. The smallest absolute Gasteiger partial charge is 0.121 e. The first kappa shape index (κ1) is 13.2. The maximum atomic E-state index is 5.68. The van der Waals surface area contributed by atoms with Gasteiger partial charge >= 0.3 is 0 Å². The predicted molar refractivity (Wildman–Crippen MR) is 75.3 cm³/mol. The lowest BCUT2D eigenvalue weighted by Gasteiger charge is -2.34. The SMILES string of the molecule is CN1CCN(c2cccc(OCCCN)c2)CC1. The number of nitrogens with zero attached hydrogens (tertiary/aromatic N) is 2. The molecule has 0 aliphatic carbocycles. The number of likely N-dealkylation sites (N-methyl/N-ethyl adjacent to an activating group) is 1. The van der Waals surface area contributed by atoms with Gasteiger partial charge in [-0.25, -0.2) is 0 Å². The van der Waals surface area contributed by atoms with Gasteiger partial charge in [0.05, 0.1) is 6.61 Å². The number of ether oxygens (including phenoxy) is 1. The van der Waals surface area contributed by atoms with Crippen molar-refractivity contribution in [3.05, 3.63) is 24.3 Å². The van der Waals surface area contributed by atoms with Gasteiger partial charge in [-0.2, -0.15) is 0 Å². The monoisotopic (exact) mass is 249 g/mol. The topological polar surface area (TPSA) is 41.7 Å². The van der Waals surface area contributed by atoms with Crippen LogP contribution in [0.4, 0.5) is 5.69 Å². The van der Waals surface area contributed by atoms with E-state index in [1.165, 1.54) is 5.69 Å². The molecule has 2 rings (SSSR count). The number of hydrogen-bond donors (Lipinski definition) is 1. The molecular weight excluding hydrogens is 226 g/mol. The summed E-state index contributed by atoms with van der Waals surface area (Å²) in [5.41, 5.74) is 6.72. The molecule has 1 aliphatic heterocycles. The molecule has 1 aliphatic rings. The Bertz CT molecular complexity index is 362. The van der Waals surface area contributed by atoms with E-state index in [2.05, 4.69) is 35.0 Å². The van der Waals surface area contributed by atoms with Crippen LogP contribution < -0.4 is 15.4 Å². The quantitative estimate of drug-likeness (QED) is 0.795. The molecule has 0 atom stereocenters. The Kier molecular flexibility index (Phi) is 4.84. The van der Waals surface area contributed by atoms with Crippen LogP contribution >= 0.6 is 0 Å². The van der Waals surface area contributed by atoms with E-state index in [4.69, 9.17) is 10.5 Å². The average molecular weight is 249 g/mol. The van der Waals surface area contributed by atoms with Crippen molar-refractivity contribution in [3.8, 4) is 5.75 Å². The maximum Gasteiger partial charge on any atom is 0.121 e. The number of nitrogens with two attached hydrogens (primary N) is 1. The standard InChI is InChI=1S/C14H23N3O/c1-16-7-9-17(10-8-16)13-4-2-5-14(12-13)18-11-3-6-15/h2,4-5,12H,3,6-11,15H2,1H3. The molecule has 0 aromatic heterocycles. The van der Waals surface area contributed by atoms with Gasteiger partial charge in [-0.15, -0.1) is 0 Å². The molecular formula is C14H23N3O. The summed E-state index contributed by atoms with van der Waals surface area (Å²) in [5.74, 6) is 0.944. The fourth-order valence-corrected chi connectivity index (χ4v) is 2.11. The zero-order chi connectivity index (χ0) is 12.8. The lowest BCUT2D eigenvalue weighted by molar-refractivity contribution is 0.309. The Morgan fingerprint density at radius 2 is 2.00 bits per heavy atom. The molecule has 1 aromatic carbocycles. The van der Waals surface area contributed by atoms with E-state index < -0.39 is 0 Å². The lowest BCUT2D eigenvalue weighted by Crippen LogP contribution is -2.44. The molecule has 0 amide bonds. The summed E-state index contributed by atoms with van der Waals surface area (Å²) in [4.78, 5) is 4.77. The zero-order valence-corrected chi connectivity index (χ0v) is 11.1. The number of piperazine rings is 1. The highest BCUT2D eigenvalue weighted by Crippen LogP contribution is 2.22. The molecule has 0 saturated carbocycles. The molecule has 0 unspecified atom stereocenters. The number of anilines is 1. The zero-order valence-electron chi connectivity index (χ0n) is 11.1. The second kappa shape index (κ2) is 6.61. The second-order valence-corrected chi connectivity index (χ2v) is 4.78. The van der Waals surface area contributed by atoms with Crippen LogP contribution in [0.15, 0.2) is 24.3 Å². The molecule has 4 heteroatoms. The number of rotatable bonds is 5. The fourth-order valence-electron chi connectivity index (χ4n) is 2.11. The Morgan fingerprint density at radius 3 is 2.72 bits per heavy atom. The van der Waals surface area contributed by atoms with Crippen molar-refractivity contribution < 1.29 is 4.74 Å². The minimum atomic E-state index is 0.679. The van der Waals surface area contributed by atoms with Gasteiger partial charge in [-0.3, -0.25) is 0 Å². The van der Waals surface area contributed by atoms with Gasteiger partial charge in [0.2, 0.25) is 0 Å². The minimum Gasteiger partial charge on any atom is -0.493 e. The van der Waals surface area contributed by atoms with Crippen molar-refractivity contribution in [2.24, 2.45) is 5.73 Å². The van der Waals surface area contributed by atoms with Crippen LogP contribution in [0.1, 0.15) is 6.42 Å². The first-order valence-electron chi connectivity index (χ1n) is 6.66. The highest BCUT2D eigenvalue weighted by Gasteiger charge is 2.14. The third-order valence-corrected chi connectivity index (χ3v) is 3.30. The van der Waals surface area contributed by atoms with Gasteiger partial charge in [0.1, 0.15) is 5.75 Å². The van der Waals surface area contributed by atoms with Crippen molar-refractivity contribution in [2.75, 3.05) is 51.3 Å². The van der Waals surface area contributed by atoms with Crippen molar-refractivity contribution in [2.45, 2.75) is 6.42 Å². The number of hydrogen-bond acceptors (Lipinski definition) is 4. The molecule has 0 bridgehead atoms. The first-order valence-corrected chi connectivity index (χ1v) is 6.66. The third kappa shape index (κ3) is 3.62. The van der Waals surface area contributed by atoms with Gasteiger partial charge < -0.3 is 20.3 Å². The largest absolute Gasteiger partial charge is 0.493 e. The van der Waals surface area contributed by atoms with Gasteiger partial charge in [-0.05, 0) is 32.1 Å². The van der Waals surface area contributed by atoms with Crippen LogP contribution in [0.5, 0.6) is 5.75 Å². The van der Waals surface area contributed by atoms with E-state index in [0.717, 1.165) is 38.3 Å². The molecule has 2 N–H and O–H groups in total. The van der Waals surface area contributed by atoms with Crippen LogP contribution in [0.25, 0.3) is 0 Å². The highest BCUT2D eigenvalue weighted by molar-refractivity contribution is 5.51. The molecule has 0 radical (unpaired) electrons. The van der Waals surface area contributed by atoms with Gasteiger partial charge in [0.15, 0.2) is 0 Å². The molecule has 4 nitrogen and oxygen atoms in total. The fraction of sp³-hybridized carbons (Fsp3) is 0.571. The van der Waals surface area contributed by atoms with Crippen molar-refractivity contribution in [1.82, 2.24) is 4.90 Å². The molecule has 1 fully saturated rings. The van der Waals surface area contributed by atoms with Crippen molar-refractivity contribution >= 4 is 5.69 Å². The minimum absolute atomic E-state index is 0.679. The molecule has 1 aromatic rings. The van der Waals surface area contributed by atoms with Crippen molar-refractivity contribution in [1.29, 1.82) is 0 Å². The van der Waals surface area contributed by atoms with Gasteiger partial charge in [-0.1, -0.05) is 6.07 Å². The summed E-state index contributed by atoms with van der Waals surface area (Å²) in [6.07, 6.45) is 0.902. The molecule has 1 saturated heterocycles. The van der Waals surface area contributed by atoms with Crippen molar-refractivity contribution in [3.63, 3.8) is 0 Å². The molecule has 100 valence electrons. The Hall–Kier alpha value is -1.26. The summed E-state index contributed by atoms with van der Waals surface area (Å²) in [6.45, 7) is 5.79. The maximum absolute atomic E-state index is 5.68. The Morgan fingerprint density at radius 1 is 1.22 bits per heavy atom. The highest BCUT2D eigenvalue weighted by atomic mass is 16.5. The summed E-state index contributed by atoms with van der Waals surface area (Å²) >= 11 is 0. The lowest BCUT2D eigenvalue weighted by atomic mass is 10.2. The number of benzene rings is 1. The summed E-state index contributed by atoms with van der Waals surface area (Å²) < 4.78 is 5.68. The summed E-state index contributed by atoms with van der Waals surface area (Å²) in [7, 11) is 2.17. The summed E-state index contributed by atoms with van der Waals surface area (Å²) in [5, 5.41) is 0. The van der Waals surface area contributed by atoms with Crippen LogP contribution in [-0.2, 0) is 0 Å². The summed E-state index contributed by atoms with van der Waals surface area (Å²) in [6, 6.07) is 8.35. The van der Waals surface area contributed by atoms with E-state index in [-0.39, 0.29) is 0 Å². The van der Waals surface area contributed by atoms with E-state index in [0.29, 0.717) is 13.2 Å². The van der Waals surface area contributed by atoms with Crippen LogP contribution in [0, 0.1) is 0 Å². The Balaban J connectivity index is 1.94. The normalized spacial score (nSPS) is 16.9. The van der Waals surface area contributed by atoms with Crippen LogP contribution in [0.2, 0.25) is 0 Å². The van der Waals surface area contributed by atoms with E-state index in [1.807, 2.05) is 6.07 Å². The first-order chi connectivity index (χ1) is 8.79.